The van der Waals surface area contributed by atoms with Gasteiger partial charge in [-0.3, -0.25) is 4.79 Å². The van der Waals surface area contributed by atoms with Crippen molar-refractivity contribution in [1.82, 2.24) is 4.90 Å². The van der Waals surface area contributed by atoms with Crippen LogP contribution in [0.2, 0.25) is 5.02 Å². The molecule has 1 fully saturated rings. The van der Waals surface area contributed by atoms with Gasteiger partial charge >= 0.3 is 0 Å². The van der Waals surface area contributed by atoms with Crippen LogP contribution < -0.4 is 0 Å². The molecule has 0 amide bonds. The van der Waals surface area contributed by atoms with Gasteiger partial charge in [-0.15, -0.1) is 0 Å². The summed E-state index contributed by atoms with van der Waals surface area (Å²) in [6.07, 6.45) is 3.71. The number of nitrogens with zero attached hydrogens (tertiary/aromatic N) is 1. The molecule has 1 aliphatic rings. The fourth-order valence-electron chi connectivity index (χ4n) is 2.67. The summed E-state index contributed by atoms with van der Waals surface area (Å²) in [6, 6.07) is 8.20. The zero-order chi connectivity index (χ0) is 13.7. The maximum Gasteiger partial charge on any atom is 0.221 e. The maximum atomic E-state index is 10.7. The lowest BCUT2D eigenvalue weighted by atomic mass is 9.89. The summed E-state index contributed by atoms with van der Waals surface area (Å²) in [5.74, 6) is 0.642. The van der Waals surface area contributed by atoms with Crippen molar-refractivity contribution in [3.8, 4) is 0 Å². The van der Waals surface area contributed by atoms with Crippen LogP contribution in [-0.2, 0) is 4.79 Å². The highest BCUT2D eigenvalue weighted by atomic mass is 35.5. The third-order valence-corrected chi connectivity index (χ3v) is 4.22. The molecule has 2 nitrogen and oxygen atoms in total. The van der Waals surface area contributed by atoms with Crippen molar-refractivity contribution in [3.63, 3.8) is 0 Å². The zero-order valence-electron chi connectivity index (χ0n) is 10.9. The molecule has 2 rings (SSSR count). The molecule has 1 aliphatic heterocycles. The van der Waals surface area contributed by atoms with Crippen molar-refractivity contribution in [2.75, 3.05) is 19.6 Å². The van der Waals surface area contributed by atoms with Gasteiger partial charge in [-0.2, -0.15) is 0 Å². The van der Waals surface area contributed by atoms with Crippen molar-refractivity contribution >= 4 is 28.4 Å². The molecule has 0 spiro atoms. The molecule has 0 atom stereocenters. The van der Waals surface area contributed by atoms with E-state index in [9.17, 15) is 4.79 Å². The average Bonchev–Trinajstić information content (AvgIpc) is 2.40. The van der Waals surface area contributed by atoms with Crippen LogP contribution in [0.15, 0.2) is 24.3 Å². The number of likely N-dealkylation sites (tertiary alicyclic amines) is 1. The number of benzene rings is 1. The molecule has 0 saturated carbocycles. The summed E-state index contributed by atoms with van der Waals surface area (Å²) in [5.41, 5.74) is 1.39. The fourth-order valence-corrected chi connectivity index (χ4v) is 2.93. The number of carbonyl (C=O) groups excluding carboxylic acids is 1. The SMILES string of the molecule is O=C(Cl)CCCN1CCC(c2ccc(Cl)cc2)CC1. The molecule has 0 aromatic heterocycles. The Morgan fingerprint density at radius 2 is 1.84 bits per heavy atom. The van der Waals surface area contributed by atoms with E-state index < -0.39 is 0 Å². The minimum atomic E-state index is -0.226. The molecule has 1 saturated heterocycles. The average molecular weight is 300 g/mol. The van der Waals surface area contributed by atoms with Crippen molar-refractivity contribution < 1.29 is 4.79 Å². The standard InChI is InChI=1S/C15H19Cl2NO/c16-14-5-3-12(4-6-14)13-7-10-18(11-8-13)9-1-2-15(17)19/h3-6,13H,1-2,7-11H2. The first kappa shape index (κ1) is 14.8. The largest absolute Gasteiger partial charge is 0.303 e. The molecule has 4 heteroatoms. The number of hydrogen-bond acceptors (Lipinski definition) is 2. The first-order valence-electron chi connectivity index (χ1n) is 6.81. The Morgan fingerprint density at radius 1 is 1.21 bits per heavy atom. The van der Waals surface area contributed by atoms with Crippen LogP contribution >= 0.6 is 23.2 Å². The Labute approximate surface area is 124 Å². The number of carbonyl (C=O) groups is 1. The van der Waals surface area contributed by atoms with E-state index in [1.807, 2.05) is 12.1 Å². The van der Waals surface area contributed by atoms with Gasteiger partial charge < -0.3 is 4.90 Å². The Hall–Kier alpha value is -0.570. The number of piperidine rings is 1. The molecule has 0 unspecified atom stereocenters. The van der Waals surface area contributed by atoms with Gasteiger partial charge in [0.15, 0.2) is 0 Å². The molecule has 0 aliphatic carbocycles. The predicted molar refractivity (Wildman–Crippen MR) is 80.0 cm³/mol. The van der Waals surface area contributed by atoms with Gasteiger partial charge in [0.2, 0.25) is 5.24 Å². The van der Waals surface area contributed by atoms with Gasteiger partial charge in [0, 0.05) is 11.4 Å². The van der Waals surface area contributed by atoms with E-state index in [-0.39, 0.29) is 5.24 Å². The van der Waals surface area contributed by atoms with Crippen molar-refractivity contribution in [3.05, 3.63) is 34.9 Å². The molecule has 0 bridgehead atoms. The lowest BCUT2D eigenvalue weighted by Gasteiger charge is -2.32. The molecule has 0 N–H and O–H groups in total. The van der Waals surface area contributed by atoms with Crippen LogP contribution in [0.3, 0.4) is 0 Å². The second-order valence-electron chi connectivity index (χ2n) is 5.13. The Morgan fingerprint density at radius 3 is 2.42 bits per heavy atom. The highest BCUT2D eigenvalue weighted by Gasteiger charge is 2.20. The quantitative estimate of drug-likeness (QED) is 0.764. The van der Waals surface area contributed by atoms with Crippen LogP contribution in [0.5, 0.6) is 0 Å². The first-order chi connectivity index (χ1) is 9.15. The Balaban J connectivity index is 1.76. The van der Waals surface area contributed by atoms with E-state index in [4.69, 9.17) is 23.2 Å². The van der Waals surface area contributed by atoms with Crippen LogP contribution in [0.25, 0.3) is 0 Å². The van der Waals surface area contributed by atoms with E-state index in [0.717, 1.165) is 31.1 Å². The first-order valence-corrected chi connectivity index (χ1v) is 7.57. The molecule has 1 aromatic carbocycles. The smallest absolute Gasteiger partial charge is 0.221 e. The van der Waals surface area contributed by atoms with E-state index in [1.54, 1.807) is 0 Å². The third kappa shape index (κ3) is 4.79. The topological polar surface area (TPSA) is 20.3 Å². The summed E-state index contributed by atoms with van der Waals surface area (Å²) < 4.78 is 0. The molecule has 19 heavy (non-hydrogen) atoms. The van der Waals surface area contributed by atoms with Crippen molar-refractivity contribution in [2.24, 2.45) is 0 Å². The molecule has 1 heterocycles. The highest BCUT2D eigenvalue weighted by Crippen LogP contribution is 2.28. The van der Waals surface area contributed by atoms with E-state index in [2.05, 4.69) is 17.0 Å². The minimum absolute atomic E-state index is 0.226. The number of halogens is 2. The molecular weight excluding hydrogens is 281 g/mol. The van der Waals surface area contributed by atoms with Crippen molar-refractivity contribution in [2.45, 2.75) is 31.6 Å². The van der Waals surface area contributed by atoms with Gasteiger partial charge in [0.05, 0.1) is 0 Å². The predicted octanol–water partition coefficient (Wildman–Crippen LogP) is 4.07. The van der Waals surface area contributed by atoms with Gasteiger partial charge in [-0.1, -0.05) is 23.7 Å². The lowest BCUT2D eigenvalue weighted by molar-refractivity contribution is -0.111. The summed E-state index contributed by atoms with van der Waals surface area (Å²) in [6.45, 7) is 3.18. The third-order valence-electron chi connectivity index (χ3n) is 3.78. The monoisotopic (exact) mass is 299 g/mol. The molecule has 1 aromatic rings. The van der Waals surface area contributed by atoms with Crippen LogP contribution in [0, 0.1) is 0 Å². The van der Waals surface area contributed by atoms with E-state index >= 15 is 0 Å². The van der Waals surface area contributed by atoms with Gasteiger partial charge in [-0.25, -0.2) is 0 Å². The number of rotatable bonds is 5. The van der Waals surface area contributed by atoms with Gasteiger partial charge in [0.1, 0.15) is 0 Å². The zero-order valence-corrected chi connectivity index (χ0v) is 12.5. The number of hydrogen-bond donors (Lipinski definition) is 0. The summed E-state index contributed by atoms with van der Waals surface area (Å²) >= 11 is 11.3. The summed E-state index contributed by atoms with van der Waals surface area (Å²) in [5, 5.41) is 0.572. The molecule has 104 valence electrons. The van der Waals surface area contributed by atoms with Crippen LogP contribution in [0.1, 0.15) is 37.2 Å². The minimum Gasteiger partial charge on any atom is -0.303 e. The van der Waals surface area contributed by atoms with Crippen molar-refractivity contribution in [1.29, 1.82) is 0 Å². The van der Waals surface area contributed by atoms with Gasteiger partial charge in [-0.05, 0) is 74.1 Å². The summed E-state index contributed by atoms with van der Waals surface area (Å²) in [7, 11) is 0. The maximum absolute atomic E-state index is 10.7. The highest BCUT2D eigenvalue weighted by molar-refractivity contribution is 6.63. The Bertz CT molecular complexity index is 411. The lowest BCUT2D eigenvalue weighted by Crippen LogP contribution is -2.33. The van der Waals surface area contributed by atoms with Crippen LogP contribution in [-0.4, -0.2) is 29.8 Å². The Kier molecular flexibility index (Phi) is 5.68. The van der Waals surface area contributed by atoms with Gasteiger partial charge in [0.25, 0.3) is 0 Å². The summed E-state index contributed by atoms with van der Waals surface area (Å²) in [4.78, 5) is 13.1. The van der Waals surface area contributed by atoms with E-state index in [1.165, 1.54) is 18.4 Å². The second-order valence-corrected chi connectivity index (χ2v) is 5.98. The molecular formula is C15H19Cl2NO. The second kappa shape index (κ2) is 7.28. The molecule has 0 radical (unpaired) electrons. The van der Waals surface area contributed by atoms with Crippen LogP contribution in [0.4, 0.5) is 0 Å². The normalized spacial score (nSPS) is 17.6. The van der Waals surface area contributed by atoms with E-state index in [0.29, 0.717) is 12.3 Å². The fraction of sp³-hybridized carbons (Fsp3) is 0.533.